The van der Waals surface area contributed by atoms with Crippen molar-refractivity contribution in [3.63, 3.8) is 0 Å². The van der Waals surface area contributed by atoms with E-state index in [1.807, 2.05) is 79.7 Å². The Morgan fingerprint density at radius 1 is 1.06 bits per heavy atom. The number of aromatic amines is 1. The minimum absolute atomic E-state index is 0.128. The highest BCUT2D eigenvalue weighted by Crippen LogP contribution is 2.25. The Bertz CT molecular complexity index is 1540. The number of hydrogen-bond donors (Lipinski definition) is 2. The number of thiazole rings is 1. The Hall–Kier alpha value is -4.17. The number of hydrogen-bond acceptors (Lipinski definition) is 6. The molecule has 0 spiro atoms. The molecule has 0 atom stereocenters. The van der Waals surface area contributed by atoms with Crippen molar-refractivity contribution in [3.05, 3.63) is 94.4 Å². The van der Waals surface area contributed by atoms with E-state index in [0.717, 1.165) is 51.6 Å². The third kappa shape index (κ3) is 4.81. The number of H-pyrrole nitrogens is 1. The zero-order valence-corrected chi connectivity index (χ0v) is 21.2. The molecule has 8 heteroatoms. The lowest BCUT2D eigenvalue weighted by Gasteiger charge is -2.08. The van der Waals surface area contributed by atoms with Crippen LogP contribution >= 0.6 is 11.3 Å². The van der Waals surface area contributed by atoms with E-state index in [1.54, 1.807) is 11.8 Å². The highest BCUT2D eigenvalue weighted by molar-refractivity contribution is 7.20. The minimum atomic E-state index is -0.128. The molecule has 0 amide bonds. The van der Waals surface area contributed by atoms with Crippen molar-refractivity contribution in [3.8, 4) is 10.9 Å². The molecule has 0 bridgehead atoms. The first-order chi connectivity index (χ1) is 17.6. The summed E-state index contributed by atoms with van der Waals surface area (Å²) in [6.07, 6.45) is 1.66. The van der Waals surface area contributed by atoms with Gasteiger partial charge in [0, 0.05) is 17.1 Å². The van der Waals surface area contributed by atoms with E-state index in [-0.39, 0.29) is 5.56 Å². The molecule has 5 aromatic rings. The highest BCUT2D eigenvalue weighted by Gasteiger charge is 2.19. The average Bonchev–Trinajstić information content (AvgIpc) is 3.46. The standard InChI is InChI=1S/C28H27N5O2S/c1-4-7-24-26(27(34)33(32-24)28-31-23-8-5-6-9-25(23)36-28)18(2)29-19-10-12-20(13-11-19)30-21-14-16-22(35-3)17-15-21/h5-6,8-17,30,32H,4,7H2,1-3H3. The van der Waals surface area contributed by atoms with E-state index in [2.05, 4.69) is 22.3 Å². The fourth-order valence-electron chi connectivity index (χ4n) is 4.09. The van der Waals surface area contributed by atoms with Gasteiger partial charge in [0.05, 0.1) is 34.3 Å². The molecule has 182 valence electrons. The molecule has 0 saturated carbocycles. The van der Waals surface area contributed by atoms with Gasteiger partial charge in [-0.15, -0.1) is 0 Å². The van der Waals surface area contributed by atoms with Crippen molar-refractivity contribution < 1.29 is 4.74 Å². The molecular formula is C28H27N5O2S. The summed E-state index contributed by atoms with van der Waals surface area (Å²) in [6, 6.07) is 23.5. The highest BCUT2D eigenvalue weighted by atomic mass is 32.1. The quantitative estimate of drug-likeness (QED) is 0.236. The number of aliphatic imine (C=N–C) groups is 1. The molecule has 2 aromatic heterocycles. The molecule has 3 aromatic carbocycles. The third-order valence-electron chi connectivity index (χ3n) is 5.84. The maximum Gasteiger partial charge on any atom is 0.282 e. The van der Waals surface area contributed by atoms with Gasteiger partial charge in [-0.1, -0.05) is 36.8 Å². The first-order valence-electron chi connectivity index (χ1n) is 11.8. The average molecular weight is 498 g/mol. The predicted molar refractivity (Wildman–Crippen MR) is 148 cm³/mol. The second kappa shape index (κ2) is 10.2. The van der Waals surface area contributed by atoms with Crippen molar-refractivity contribution in [2.24, 2.45) is 4.99 Å². The predicted octanol–water partition coefficient (Wildman–Crippen LogP) is 6.62. The Morgan fingerprint density at radius 3 is 2.42 bits per heavy atom. The largest absolute Gasteiger partial charge is 0.497 e. The lowest BCUT2D eigenvalue weighted by atomic mass is 10.1. The number of aryl methyl sites for hydroxylation is 1. The van der Waals surface area contributed by atoms with Crippen molar-refractivity contribution in [2.45, 2.75) is 26.7 Å². The van der Waals surface area contributed by atoms with E-state index >= 15 is 0 Å². The summed E-state index contributed by atoms with van der Waals surface area (Å²) >= 11 is 1.49. The second-order valence-electron chi connectivity index (χ2n) is 8.42. The molecule has 5 rings (SSSR count). The SMILES string of the molecule is CCCc1[nH]n(-c2nc3ccccc3s2)c(=O)c1C(C)=Nc1ccc(Nc2ccc(OC)cc2)cc1. The second-order valence-corrected chi connectivity index (χ2v) is 9.43. The number of anilines is 2. The summed E-state index contributed by atoms with van der Waals surface area (Å²) in [7, 11) is 1.65. The molecular weight excluding hydrogens is 470 g/mol. The van der Waals surface area contributed by atoms with E-state index in [9.17, 15) is 4.79 Å². The maximum absolute atomic E-state index is 13.5. The zero-order chi connectivity index (χ0) is 25.1. The number of fused-ring (bicyclic) bond motifs is 1. The number of nitrogens with one attached hydrogen (secondary N) is 2. The third-order valence-corrected chi connectivity index (χ3v) is 6.87. The molecule has 2 N–H and O–H groups in total. The Balaban J connectivity index is 1.42. The normalized spacial score (nSPS) is 11.7. The fraction of sp³-hybridized carbons (Fsp3) is 0.179. The van der Waals surface area contributed by atoms with Crippen LogP contribution in [-0.2, 0) is 6.42 Å². The number of rotatable bonds is 8. The van der Waals surface area contributed by atoms with Crippen LogP contribution in [0.15, 0.2) is 82.6 Å². The van der Waals surface area contributed by atoms with Gasteiger partial charge in [-0.05, 0) is 74.0 Å². The van der Waals surface area contributed by atoms with Gasteiger partial charge < -0.3 is 10.1 Å². The molecule has 0 aliphatic rings. The Labute approximate surface area is 213 Å². The number of ether oxygens (including phenoxy) is 1. The van der Waals surface area contributed by atoms with Gasteiger partial charge in [0.1, 0.15) is 5.75 Å². The van der Waals surface area contributed by atoms with E-state index in [4.69, 9.17) is 9.73 Å². The summed E-state index contributed by atoms with van der Waals surface area (Å²) in [4.78, 5) is 22.9. The van der Waals surface area contributed by atoms with Gasteiger partial charge in [0.25, 0.3) is 5.56 Å². The van der Waals surface area contributed by atoms with E-state index in [1.165, 1.54) is 11.3 Å². The van der Waals surface area contributed by atoms with Crippen LogP contribution < -0.4 is 15.6 Å². The van der Waals surface area contributed by atoms with Gasteiger partial charge in [0.15, 0.2) is 0 Å². The minimum Gasteiger partial charge on any atom is -0.497 e. The summed E-state index contributed by atoms with van der Waals surface area (Å²) in [5.41, 5.74) is 5.61. The molecule has 0 fully saturated rings. The lowest BCUT2D eigenvalue weighted by Crippen LogP contribution is -2.19. The van der Waals surface area contributed by atoms with Crippen LogP contribution in [0.2, 0.25) is 0 Å². The van der Waals surface area contributed by atoms with Crippen LogP contribution in [-0.4, -0.2) is 27.6 Å². The smallest absolute Gasteiger partial charge is 0.282 e. The summed E-state index contributed by atoms with van der Waals surface area (Å²) < 4.78 is 7.80. The van der Waals surface area contributed by atoms with Gasteiger partial charge in [-0.2, -0.15) is 4.68 Å². The van der Waals surface area contributed by atoms with Gasteiger partial charge in [-0.3, -0.25) is 14.9 Å². The fourth-order valence-corrected chi connectivity index (χ4v) is 5.01. The Morgan fingerprint density at radius 2 is 1.75 bits per heavy atom. The number of aromatic nitrogens is 3. The van der Waals surface area contributed by atoms with E-state index < -0.39 is 0 Å². The van der Waals surface area contributed by atoms with Gasteiger partial charge in [0.2, 0.25) is 5.13 Å². The first kappa shape index (κ1) is 23.6. The van der Waals surface area contributed by atoms with Crippen molar-refractivity contribution in [1.29, 1.82) is 0 Å². The monoisotopic (exact) mass is 497 g/mol. The maximum atomic E-state index is 13.5. The summed E-state index contributed by atoms with van der Waals surface area (Å²) in [6.45, 7) is 3.98. The molecule has 7 nitrogen and oxygen atoms in total. The number of nitrogens with zero attached hydrogens (tertiary/aromatic N) is 3. The van der Waals surface area contributed by atoms with Crippen LogP contribution in [0, 0.1) is 0 Å². The van der Waals surface area contributed by atoms with Crippen molar-refractivity contribution >= 4 is 44.3 Å². The first-order valence-corrected chi connectivity index (χ1v) is 12.6. The molecule has 0 unspecified atom stereocenters. The van der Waals surface area contributed by atoms with Crippen molar-refractivity contribution in [2.75, 3.05) is 12.4 Å². The van der Waals surface area contributed by atoms with Gasteiger partial charge >= 0.3 is 0 Å². The molecule has 0 radical (unpaired) electrons. The topological polar surface area (TPSA) is 84.3 Å². The lowest BCUT2D eigenvalue weighted by molar-refractivity contribution is 0.415. The van der Waals surface area contributed by atoms with Gasteiger partial charge in [-0.25, -0.2) is 4.98 Å². The molecule has 2 heterocycles. The van der Waals surface area contributed by atoms with E-state index in [0.29, 0.717) is 16.4 Å². The van der Waals surface area contributed by atoms with Crippen LogP contribution in [0.3, 0.4) is 0 Å². The zero-order valence-electron chi connectivity index (χ0n) is 20.4. The molecule has 0 aliphatic heterocycles. The molecule has 0 saturated heterocycles. The summed E-state index contributed by atoms with van der Waals surface area (Å²) in [5, 5.41) is 7.29. The van der Waals surface area contributed by atoms with Crippen LogP contribution in [0.1, 0.15) is 31.5 Å². The van der Waals surface area contributed by atoms with Crippen molar-refractivity contribution in [1.82, 2.24) is 14.8 Å². The van der Waals surface area contributed by atoms with Crippen LogP contribution in [0.25, 0.3) is 15.3 Å². The Kier molecular flexibility index (Phi) is 6.69. The molecule has 0 aliphatic carbocycles. The van der Waals surface area contributed by atoms with Crippen LogP contribution in [0.4, 0.5) is 17.1 Å². The van der Waals surface area contributed by atoms with Crippen LogP contribution in [0.5, 0.6) is 5.75 Å². The number of para-hydroxylation sites is 1. The summed E-state index contributed by atoms with van der Waals surface area (Å²) in [5.74, 6) is 0.815. The number of benzene rings is 3. The molecule has 36 heavy (non-hydrogen) atoms. The number of methoxy groups -OCH3 is 1.